The van der Waals surface area contributed by atoms with E-state index >= 15 is 0 Å². The smallest absolute Gasteiger partial charge is 0.328 e. The number of piperazine rings is 1. The van der Waals surface area contributed by atoms with E-state index in [4.69, 9.17) is 4.74 Å². The van der Waals surface area contributed by atoms with Gasteiger partial charge in [-0.05, 0) is 32.0 Å². The maximum absolute atomic E-state index is 13.4. The highest BCUT2D eigenvalue weighted by Crippen LogP contribution is 2.29. The second kappa shape index (κ2) is 8.39. The molecule has 1 saturated heterocycles. The molecule has 0 aliphatic carbocycles. The number of benzene rings is 1. The lowest BCUT2D eigenvalue weighted by molar-refractivity contribution is 0.249. The van der Waals surface area contributed by atoms with Crippen LogP contribution in [0.5, 0.6) is 5.75 Å². The first-order valence-electron chi connectivity index (χ1n) is 9.09. The minimum Gasteiger partial charge on any atom is -0.494 e. The van der Waals surface area contributed by atoms with Crippen molar-refractivity contribution in [2.24, 2.45) is 0 Å². The molecule has 1 aliphatic rings. The van der Waals surface area contributed by atoms with Crippen LogP contribution in [0.25, 0.3) is 0 Å². The summed E-state index contributed by atoms with van der Waals surface area (Å²) in [6.07, 6.45) is 2.44. The molecule has 0 atom stereocenters. The molecule has 0 radical (unpaired) electrons. The Morgan fingerprint density at radius 1 is 1.15 bits per heavy atom. The molecule has 0 spiro atoms. The number of methoxy groups -OCH3 is 1. The van der Waals surface area contributed by atoms with Gasteiger partial charge in [0.05, 0.1) is 12.8 Å². The number of rotatable bonds is 6. The topological polar surface area (TPSA) is 70.6 Å². The molecule has 1 aromatic carbocycles. The van der Waals surface area contributed by atoms with Gasteiger partial charge in [0.15, 0.2) is 0 Å². The molecule has 7 nitrogen and oxygen atoms in total. The van der Waals surface area contributed by atoms with Crippen molar-refractivity contribution in [1.29, 1.82) is 0 Å². The normalized spacial score (nSPS) is 15.1. The van der Waals surface area contributed by atoms with Gasteiger partial charge in [0, 0.05) is 50.6 Å². The molecular formula is C19H25FN4O3. The third-order valence-corrected chi connectivity index (χ3v) is 4.92. The number of nitrogens with zero attached hydrogens (tertiary/aromatic N) is 3. The summed E-state index contributed by atoms with van der Waals surface area (Å²) < 4.78 is 20.2. The standard InChI is InChI=1S/C19H25FN4O3/c1-14-13-24(19(26)21-18(14)25)7-3-6-22-8-10-23(11-9-22)16-5-4-15(20)12-17(16)27-2/h4-5,12-13H,3,6-11H2,1-2H3,(H,21,25,26). The highest BCUT2D eigenvalue weighted by Gasteiger charge is 2.19. The van der Waals surface area contributed by atoms with Crippen molar-refractivity contribution >= 4 is 5.69 Å². The fourth-order valence-electron chi connectivity index (χ4n) is 3.37. The number of aromatic nitrogens is 2. The summed E-state index contributed by atoms with van der Waals surface area (Å²) >= 11 is 0. The molecule has 8 heteroatoms. The van der Waals surface area contributed by atoms with Gasteiger partial charge >= 0.3 is 5.69 Å². The molecule has 2 aromatic rings. The Kier molecular flexibility index (Phi) is 5.95. The van der Waals surface area contributed by atoms with E-state index < -0.39 is 0 Å². The van der Waals surface area contributed by atoms with Crippen LogP contribution in [0.4, 0.5) is 10.1 Å². The summed E-state index contributed by atoms with van der Waals surface area (Å²) in [4.78, 5) is 30.1. The van der Waals surface area contributed by atoms with Crippen molar-refractivity contribution in [3.63, 3.8) is 0 Å². The largest absolute Gasteiger partial charge is 0.494 e. The van der Waals surface area contributed by atoms with E-state index in [9.17, 15) is 14.0 Å². The predicted molar refractivity (Wildman–Crippen MR) is 102 cm³/mol. The first kappa shape index (κ1) is 19.2. The molecule has 0 saturated carbocycles. The van der Waals surface area contributed by atoms with E-state index in [0.29, 0.717) is 17.9 Å². The van der Waals surface area contributed by atoms with E-state index in [2.05, 4.69) is 14.8 Å². The minimum atomic E-state index is -0.362. The van der Waals surface area contributed by atoms with Gasteiger partial charge in [0.25, 0.3) is 5.56 Å². The van der Waals surface area contributed by atoms with Gasteiger partial charge in [-0.25, -0.2) is 9.18 Å². The van der Waals surface area contributed by atoms with Gasteiger partial charge in [-0.1, -0.05) is 0 Å². The Bertz CT molecular complexity index is 901. The summed E-state index contributed by atoms with van der Waals surface area (Å²) in [5, 5.41) is 0. The Labute approximate surface area is 157 Å². The average Bonchev–Trinajstić information content (AvgIpc) is 2.66. The van der Waals surface area contributed by atoms with E-state index in [1.807, 2.05) is 0 Å². The zero-order valence-corrected chi connectivity index (χ0v) is 15.7. The monoisotopic (exact) mass is 376 g/mol. The van der Waals surface area contributed by atoms with Crippen LogP contribution < -0.4 is 20.9 Å². The average molecular weight is 376 g/mol. The second-order valence-electron chi connectivity index (χ2n) is 6.76. The number of nitrogens with one attached hydrogen (secondary N) is 1. The van der Waals surface area contributed by atoms with Gasteiger partial charge in [-0.15, -0.1) is 0 Å². The first-order chi connectivity index (χ1) is 13.0. The summed E-state index contributed by atoms with van der Waals surface area (Å²) in [5.41, 5.74) is 0.757. The van der Waals surface area contributed by atoms with E-state index in [-0.39, 0.29) is 17.1 Å². The molecule has 1 aromatic heterocycles. The van der Waals surface area contributed by atoms with Crippen LogP contribution >= 0.6 is 0 Å². The van der Waals surface area contributed by atoms with Crippen molar-refractivity contribution in [1.82, 2.24) is 14.5 Å². The van der Waals surface area contributed by atoms with Crippen molar-refractivity contribution in [3.05, 3.63) is 56.6 Å². The van der Waals surface area contributed by atoms with Crippen LogP contribution in [0.2, 0.25) is 0 Å². The SMILES string of the molecule is COc1cc(F)ccc1N1CCN(CCCn2cc(C)c(=O)[nH]c2=O)CC1. The summed E-state index contributed by atoms with van der Waals surface area (Å²) in [7, 11) is 1.55. The molecule has 1 aliphatic heterocycles. The number of hydrogen-bond acceptors (Lipinski definition) is 5. The molecule has 3 rings (SSSR count). The maximum Gasteiger partial charge on any atom is 0.328 e. The van der Waals surface area contributed by atoms with Crippen LogP contribution in [0.3, 0.4) is 0 Å². The van der Waals surface area contributed by atoms with Crippen molar-refractivity contribution in [2.75, 3.05) is 44.7 Å². The zero-order valence-electron chi connectivity index (χ0n) is 15.7. The molecule has 0 bridgehead atoms. The quantitative estimate of drug-likeness (QED) is 0.821. The predicted octanol–water partition coefficient (Wildman–Crippen LogP) is 1.21. The minimum absolute atomic E-state index is 0.304. The first-order valence-corrected chi connectivity index (χ1v) is 9.09. The van der Waals surface area contributed by atoms with Gasteiger partial charge in [-0.2, -0.15) is 0 Å². The zero-order chi connectivity index (χ0) is 19.4. The number of H-pyrrole nitrogens is 1. The van der Waals surface area contributed by atoms with Crippen molar-refractivity contribution < 1.29 is 9.13 Å². The lowest BCUT2D eigenvalue weighted by Gasteiger charge is -2.36. The van der Waals surface area contributed by atoms with Crippen LogP contribution in [0, 0.1) is 12.7 Å². The molecule has 1 N–H and O–H groups in total. The molecule has 0 amide bonds. The molecule has 0 unspecified atom stereocenters. The maximum atomic E-state index is 13.4. The third-order valence-electron chi connectivity index (χ3n) is 4.92. The third kappa shape index (κ3) is 4.57. The molecule has 2 heterocycles. The highest BCUT2D eigenvalue weighted by atomic mass is 19.1. The number of aromatic amines is 1. The molecule has 146 valence electrons. The van der Waals surface area contributed by atoms with Crippen molar-refractivity contribution in [3.8, 4) is 5.75 Å². The lowest BCUT2D eigenvalue weighted by atomic mass is 10.2. The fourth-order valence-corrected chi connectivity index (χ4v) is 3.37. The van der Waals surface area contributed by atoms with Gasteiger partial charge < -0.3 is 14.2 Å². The number of ether oxygens (including phenoxy) is 1. The van der Waals surface area contributed by atoms with Crippen LogP contribution in [-0.2, 0) is 6.54 Å². The second-order valence-corrected chi connectivity index (χ2v) is 6.76. The van der Waals surface area contributed by atoms with E-state index in [1.165, 1.54) is 12.1 Å². The highest BCUT2D eigenvalue weighted by molar-refractivity contribution is 5.58. The van der Waals surface area contributed by atoms with Gasteiger partial charge in [0.2, 0.25) is 0 Å². The van der Waals surface area contributed by atoms with E-state index in [1.54, 1.807) is 30.9 Å². The van der Waals surface area contributed by atoms with Crippen LogP contribution in [0.15, 0.2) is 34.0 Å². The number of anilines is 1. The molecule has 1 fully saturated rings. The fraction of sp³-hybridized carbons (Fsp3) is 0.474. The number of hydrogen-bond donors (Lipinski definition) is 1. The summed E-state index contributed by atoms with van der Waals surface area (Å²) in [6, 6.07) is 4.62. The summed E-state index contributed by atoms with van der Waals surface area (Å²) in [6.45, 7) is 6.58. The number of aryl methyl sites for hydroxylation is 2. The van der Waals surface area contributed by atoms with Gasteiger partial charge in [0.1, 0.15) is 11.6 Å². The lowest BCUT2D eigenvalue weighted by Crippen LogP contribution is -2.47. The Balaban J connectivity index is 1.51. The van der Waals surface area contributed by atoms with Gasteiger partial charge in [-0.3, -0.25) is 14.7 Å². The molecular weight excluding hydrogens is 351 g/mol. The van der Waals surface area contributed by atoms with E-state index in [0.717, 1.165) is 44.8 Å². The van der Waals surface area contributed by atoms with Crippen molar-refractivity contribution in [2.45, 2.75) is 19.9 Å². The molecule has 27 heavy (non-hydrogen) atoms. The van der Waals surface area contributed by atoms with Crippen LogP contribution in [0.1, 0.15) is 12.0 Å². The number of halogens is 1. The van der Waals surface area contributed by atoms with Crippen LogP contribution in [-0.4, -0.2) is 54.3 Å². The Morgan fingerprint density at radius 2 is 1.89 bits per heavy atom. The summed E-state index contributed by atoms with van der Waals surface area (Å²) in [5.74, 6) is 0.248. The Hall–Kier alpha value is -2.61. The Morgan fingerprint density at radius 3 is 2.59 bits per heavy atom.